The first-order valence-electron chi connectivity index (χ1n) is 4.17. The Morgan fingerprint density at radius 3 is 2.92 bits per heavy atom. The van der Waals surface area contributed by atoms with Crippen LogP contribution in [0.4, 0.5) is 0 Å². The SMILES string of the molecule is C=CCC(OC)c1cccc(Cl)c1. The molecule has 0 radical (unpaired) electrons. The standard InChI is InChI=1S/C11H13ClO/c1-3-5-11(13-2)9-6-4-7-10(12)8-9/h3-4,6-8,11H,1,5H2,2H3. The summed E-state index contributed by atoms with van der Waals surface area (Å²) < 4.78 is 5.30. The summed E-state index contributed by atoms with van der Waals surface area (Å²) in [6.45, 7) is 3.68. The highest BCUT2D eigenvalue weighted by atomic mass is 35.5. The lowest BCUT2D eigenvalue weighted by Gasteiger charge is -2.13. The van der Waals surface area contributed by atoms with Gasteiger partial charge in [0, 0.05) is 12.1 Å². The van der Waals surface area contributed by atoms with E-state index in [-0.39, 0.29) is 6.10 Å². The minimum Gasteiger partial charge on any atom is -0.376 e. The van der Waals surface area contributed by atoms with Crippen LogP contribution < -0.4 is 0 Å². The van der Waals surface area contributed by atoms with Gasteiger partial charge in [-0.2, -0.15) is 0 Å². The van der Waals surface area contributed by atoms with Gasteiger partial charge in [0.2, 0.25) is 0 Å². The average Bonchev–Trinajstić information content (AvgIpc) is 2.14. The third-order valence-electron chi connectivity index (χ3n) is 1.89. The predicted octanol–water partition coefficient (Wildman–Crippen LogP) is 3.60. The molecule has 0 spiro atoms. The quantitative estimate of drug-likeness (QED) is 0.669. The summed E-state index contributed by atoms with van der Waals surface area (Å²) >= 11 is 5.86. The maximum atomic E-state index is 5.86. The van der Waals surface area contributed by atoms with Gasteiger partial charge in [-0.25, -0.2) is 0 Å². The van der Waals surface area contributed by atoms with Gasteiger partial charge in [0.25, 0.3) is 0 Å². The van der Waals surface area contributed by atoms with E-state index >= 15 is 0 Å². The molecule has 13 heavy (non-hydrogen) atoms. The molecule has 0 aromatic heterocycles. The Kier molecular flexibility index (Phi) is 4.00. The van der Waals surface area contributed by atoms with Crippen molar-refractivity contribution >= 4 is 11.6 Å². The Balaban J connectivity index is 2.84. The topological polar surface area (TPSA) is 9.23 Å². The number of hydrogen-bond donors (Lipinski definition) is 0. The van der Waals surface area contributed by atoms with E-state index in [0.29, 0.717) is 0 Å². The Hall–Kier alpha value is -0.790. The highest BCUT2D eigenvalue weighted by molar-refractivity contribution is 6.30. The van der Waals surface area contributed by atoms with Gasteiger partial charge in [-0.1, -0.05) is 29.8 Å². The molecule has 0 fully saturated rings. The molecule has 1 nitrogen and oxygen atoms in total. The highest BCUT2D eigenvalue weighted by Crippen LogP contribution is 2.23. The van der Waals surface area contributed by atoms with Gasteiger partial charge in [0.05, 0.1) is 6.10 Å². The average molecular weight is 197 g/mol. The van der Waals surface area contributed by atoms with Gasteiger partial charge >= 0.3 is 0 Å². The van der Waals surface area contributed by atoms with Gasteiger partial charge in [-0.15, -0.1) is 6.58 Å². The fraction of sp³-hybridized carbons (Fsp3) is 0.273. The molecule has 1 aromatic rings. The van der Waals surface area contributed by atoms with Crippen LogP contribution in [-0.4, -0.2) is 7.11 Å². The van der Waals surface area contributed by atoms with Crippen LogP contribution in [0.5, 0.6) is 0 Å². The van der Waals surface area contributed by atoms with E-state index < -0.39 is 0 Å². The van der Waals surface area contributed by atoms with Gasteiger partial charge in [0.15, 0.2) is 0 Å². The third-order valence-corrected chi connectivity index (χ3v) is 2.12. The molecule has 0 aliphatic heterocycles. The lowest BCUT2D eigenvalue weighted by atomic mass is 10.1. The van der Waals surface area contributed by atoms with Crippen molar-refractivity contribution in [1.82, 2.24) is 0 Å². The summed E-state index contributed by atoms with van der Waals surface area (Å²) in [7, 11) is 1.69. The second kappa shape index (κ2) is 5.05. The molecule has 70 valence electrons. The second-order valence-electron chi connectivity index (χ2n) is 2.80. The lowest BCUT2D eigenvalue weighted by Crippen LogP contribution is -1.99. The molecule has 1 rings (SSSR count). The van der Waals surface area contributed by atoms with Crippen molar-refractivity contribution in [2.75, 3.05) is 7.11 Å². The van der Waals surface area contributed by atoms with Crippen LogP contribution in [0.25, 0.3) is 0 Å². The summed E-state index contributed by atoms with van der Waals surface area (Å²) in [5.41, 5.74) is 1.09. The fourth-order valence-corrected chi connectivity index (χ4v) is 1.43. The van der Waals surface area contributed by atoms with Gasteiger partial charge in [-0.05, 0) is 24.1 Å². The first-order chi connectivity index (χ1) is 6.27. The zero-order valence-electron chi connectivity index (χ0n) is 7.66. The molecule has 1 unspecified atom stereocenters. The molecule has 0 heterocycles. The summed E-state index contributed by atoms with van der Waals surface area (Å²) in [4.78, 5) is 0. The maximum absolute atomic E-state index is 5.86. The Morgan fingerprint density at radius 2 is 2.38 bits per heavy atom. The predicted molar refractivity (Wildman–Crippen MR) is 56.0 cm³/mol. The normalized spacial score (nSPS) is 12.5. The number of halogens is 1. The molecular formula is C11H13ClO. The van der Waals surface area contributed by atoms with E-state index in [1.54, 1.807) is 7.11 Å². The van der Waals surface area contributed by atoms with Crippen molar-refractivity contribution in [1.29, 1.82) is 0 Å². The second-order valence-corrected chi connectivity index (χ2v) is 3.24. The summed E-state index contributed by atoms with van der Waals surface area (Å²) in [5.74, 6) is 0. The molecule has 1 atom stereocenters. The van der Waals surface area contributed by atoms with Crippen LogP contribution in [0.3, 0.4) is 0 Å². The maximum Gasteiger partial charge on any atom is 0.0855 e. The Bertz CT molecular complexity index is 283. The van der Waals surface area contributed by atoms with Crippen molar-refractivity contribution in [3.63, 3.8) is 0 Å². The molecule has 0 amide bonds. The molecule has 0 saturated heterocycles. The van der Waals surface area contributed by atoms with Gasteiger partial charge in [-0.3, -0.25) is 0 Å². The summed E-state index contributed by atoms with van der Waals surface area (Å²) in [6, 6.07) is 7.70. The van der Waals surface area contributed by atoms with Crippen molar-refractivity contribution in [2.24, 2.45) is 0 Å². The van der Waals surface area contributed by atoms with Crippen LogP contribution in [0, 0.1) is 0 Å². The van der Waals surface area contributed by atoms with E-state index in [1.165, 1.54) is 0 Å². The monoisotopic (exact) mass is 196 g/mol. The van der Waals surface area contributed by atoms with Crippen LogP contribution in [0.1, 0.15) is 18.1 Å². The number of rotatable bonds is 4. The molecule has 0 aliphatic rings. The zero-order chi connectivity index (χ0) is 9.68. The van der Waals surface area contributed by atoms with Crippen LogP contribution >= 0.6 is 11.6 Å². The number of hydrogen-bond acceptors (Lipinski definition) is 1. The van der Waals surface area contributed by atoms with Crippen molar-refractivity contribution in [2.45, 2.75) is 12.5 Å². The van der Waals surface area contributed by atoms with Gasteiger partial charge in [0.1, 0.15) is 0 Å². The minimum absolute atomic E-state index is 0.0659. The molecule has 1 aromatic carbocycles. The van der Waals surface area contributed by atoms with E-state index in [9.17, 15) is 0 Å². The zero-order valence-corrected chi connectivity index (χ0v) is 8.42. The molecular weight excluding hydrogens is 184 g/mol. The van der Waals surface area contributed by atoms with Crippen molar-refractivity contribution in [3.05, 3.63) is 47.5 Å². The lowest BCUT2D eigenvalue weighted by molar-refractivity contribution is 0.106. The molecule has 0 aliphatic carbocycles. The number of ether oxygens (including phenoxy) is 1. The molecule has 0 saturated carbocycles. The van der Waals surface area contributed by atoms with E-state index in [4.69, 9.17) is 16.3 Å². The van der Waals surface area contributed by atoms with E-state index in [0.717, 1.165) is 17.0 Å². The van der Waals surface area contributed by atoms with Crippen LogP contribution in [0.15, 0.2) is 36.9 Å². The smallest absolute Gasteiger partial charge is 0.0855 e. The minimum atomic E-state index is 0.0659. The van der Waals surface area contributed by atoms with Gasteiger partial charge < -0.3 is 4.74 Å². The van der Waals surface area contributed by atoms with E-state index in [1.807, 2.05) is 30.3 Å². The van der Waals surface area contributed by atoms with Crippen molar-refractivity contribution < 1.29 is 4.74 Å². The summed E-state index contributed by atoms with van der Waals surface area (Å²) in [5, 5.41) is 0.739. The first-order valence-corrected chi connectivity index (χ1v) is 4.55. The van der Waals surface area contributed by atoms with Crippen LogP contribution in [-0.2, 0) is 4.74 Å². The largest absolute Gasteiger partial charge is 0.376 e. The van der Waals surface area contributed by atoms with Crippen molar-refractivity contribution in [3.8, 4) is 0 Å². The van der Waals surface area contributed by atoms with E-state index in [2.05, 4.69) is 6.58 Å². The molecule has 0 bridgehead atoms. The third kappa shape index (κ3) is 2.87. The Morgan fingerprint density at radius 1 is 1.62 bits per heavy atom. The first kappa shape index (κ1) is 10.3. The summed E-state index contributed by atoms with van der Waals surface area (Å²) in [6.07, 6.45) is 2.71. The van der Waals surface area contributed by atoms with Crippen LogP contribution in [0.2, 0.25) is 5.02 Å². The highest BCUT2D eigenvalue weighted by Gasteiger charge is 2.07. The number of methoxy groups -OCH3 is 1. The molecule has 2 heteroatoms. The number of benzene rings is 1. The fourth-order valence-electron chi connectivity index (χ4n) is 1.23. The molecule has 0 N–H and O–H groups in total. The Labute approximate surface area is 84.0 Å².